The van der Waals surface area contributed by atoms with Crippen LogP contribution in [0.15, 0.2) is 241 Å². The molecule has 0 amide bonds. The number of hydrogen-bond acceptors (Lipinski definition) is 4. The quantitative estimate of drug-likeness (QED) is 0.167. The van der Waals surface area contributed by atoms with Crippen molar-refractivity contribution >= 4 is 87.1 Å². The largest absolute Gasteiger partial charge is 0.454 e. The topological polar surface area (TPSA) is 61.7 Å². The Kier molecular flexibility index (Phi) is 8.56. The van der Waals surface area contributed by atoms with Gasteiger partial charge in [-0.1, -0.05) is 170 Å². The molecule has 6 nitrogen and oxygen atoms in total. The molecular weight excluding hydrogens is 867 g/mol. The number of nitrogens with zero attached hydrogens (tertiary/aromatic N) is 5. The van der Waals surface area contributed by atoms with Gasteiger partial charge in [-0.25, -0.2) is 15.0 Å². The van der Waals surface area contributed by atoms with Gasteiger partial charge in [0.1, 0.15) is 5.58 Å². The highest BCUT2D eigenvalue weighted by molar-refractivity contribution is 6.22. The van der Waals surface area contributed by atoms with E-state index < -0.39 is 0 Å². The minimum atomic E-state index is 0.583. The van der Waals surface area contributed by atoms with Gasteiger partial charge in [-0.15, -0.1) is 0 Å². The fourth-order valence-electron chi connectivity index (χ4n) is 11.1. The second-order valence-electron chi connectivity index (χ2n) is 18.3. The van der Waals surface area contributed by atoms with Crippen LogP contribution in [0.25, 0.3) is 144 Å². The summed E-state index contributed by atoms with van der Waals surface area (Å²) in [5.41, 5.74) is 13.1. The third-order valence-corrected chi connectivity index (χ3v) is 14.3. The van der Waals surface area contributed by atoms with Crippen LogP contribution in [0.3, 0.4) is 0 Å². The zero-order valence-corrected chi connectivity index (χ0v) is 38.2. The second kappa shape index (κ2) is 15.4. The molecule has 0 atom stereocenters. The van der Waals surface area contributed by atoms with Gasteiger partial charge in [0.05, 0.1) is 27.8 Å². The van der Waals surface area contributed by atoms with E-state index >= 15 is 0 Å². The molecule has 0 aliphatic carbocycles. The van der Waals surface area contributed by atoms with Crippen molar-refractivity contribution in [3.05, 3.63) is 237 Å². The molecule has 11 aromatic carbocycles. The van der Waals surface area contributed by atoms with Crippen molar-refractivity contribution in [1.82, 2.24) is 24.1 Å². The average Bonchev–Trinajstić information content (AvgIpc) is 4.11. The highest BCUT2D eigenvalue weighted by atomic mass is 16.3. The Morgan fingerprint density at radius 3 is 1.73 bits per heavy atom. The first-order valence-electron chi connectivity index (χ1n) is 24.0. The van der Waals surface area contributed by atoms with Crippen LogP contribution in [0.2, 0.25) is 0 Å². The smallest absolute Gasteiger partial charge is 0.166 e. The molecule has 0 aliphatic heterocycles. The lowest BCUT2D eigenvalue weighted by molar-refractivity contribution is 0.666. The van der Waals surface area contributed by atoms with E-state index in [2.05, 4.69) is 240 Å². The van der Waals surface area contributed by atoms with Crippen molar-refractivity contribution in [1.29, 1.82) is 0 Å². The lowest BCUT2D eigenvalue weighted by atomic mass is 10.0. The predicted octanol–water partition coefficient (Wildman–Crippen LogP) is 16.9. The molecule has 0 saturated carbocycles. The predicted molar refractivity (Wildman–Crippen MR) is 293 cm³/mol. The van der Waals surface area contributed by atoms with Crippen LogP contribution in [0.4, 0.5) is 0 Å². The molecular formula is C65H39N5O. The molecule has 330 valence electrons. The van der Waals surface area contributed by atoms with E-state index in [-0.39, 0.29) is 0 Å². The van der Waals surface area contributed by atoms with Gasteiger partial charge in [0, 0.05) is 54.7 Å². The summed E-state index contributed by atoms with van der Waals surface area (Å²) in [6.07, 6.45) is 0. The van der Waals surface area contributed by atoms with Crippen LogP contribution in [-0.4, -0.2) is 24.1 Å². The average molecular weight is 906 g/mol. The first-order chi connectivity index (χ1) is 35.2. The van der Waals surface area contributed by atoms with Crippen LogP contribution in [0, 0.1) is 0 Å². The molecule has 4 aromatic heterocycles. The number of para-hydroxylation sites is 5. The molecule has 0 bridgehead atoms. The molecule has 15 aromatic rings. The molecule has 4 heterocycles. The Balaban J connectivity index is 0.963. The lowest BCUT2D eigenvalue weighted by Crippen LogP contribution is -2.02. The molecule has 6 heteroatoms. The van der Waals surface area contributed by atoms with Gasteiger partial charge in [0.2, 0.25) is 0 Å². The monoisotopic (exact) mass is 905 g/mol. The molecule has 15 rings (SSSR count). The van der Waals surface area contributed by atoms with Crippen LogP contribution in [0.5, 0.6) is 0 Å². The summed E-state index contributed by atoms with van der Waals surface area (Å²) >= 11 is 0. The van der Waals surface area contributed by atoms with Gasteiger partial charge in [0.25, 0.3) is 0 Å². The maximum Gasteiger partial charge on any atom is 0.166 e. The summed E-state index contributed by atoms with van der Waals surface area (Å²) in [7, 11) is 0. The molecule has 0 saturated heterocycles. The molecule has 0 aliphatic rings. The van der Waals surface area contributed by atoms with E-state index in [0.717, 1.165) is 99.4 Å². The van der Waals surface area contributed by atoms with Crippen molar-refractivity contribution in [3.8, 4) is 56.7 Å². The van der Waals surface area contributed by atoms with E-state index in [1.165, 1.54) is 26.9 Å². The fraction of sp³-hybridized carbons (Fsp3) is 0. The van der Waals surface area contributed by atoms with Crippen molar-refractivity contribution in [2.45, 2.75) is 0 Å². The third-order valence-electron chi connectivity index (χ3n) is 14.3. The highest BCUT2D eigenvalue weighted by Gasteiger charge is 2.23. The Hall–Kier alpha value is -9.65. The fourth-order valence-corrected chi connectivity index (χ4v) is 11.1. The summed E-state index contributed by atoms with van der Waals surface area (Å²) < 4.78 is 11.7. The van der Waals surface area contributed by atoms with Gasteiger partial charge in [-0.3, -0.25) is 0 Å². The Morgan fingerprint density at radius 1 is 0.324 bits per heavy atom. The number of rotatable bonds is 6. The molecule has 0 N–H and O–H groups in total. The Bertz CT molecular complexity index is 4640. The van der Waals surface area contributed by atoms with Crippen molar-refractivity contribution in [2.75, 3.05) is 0 Å². The Morgan fingerprint density at radius 2 is 0.915 bits per heavy atom. The van der Waals surface area contributed by atoms with Gasteiger partial charge in [-0.05, 0) is 99.4 Å². The third kappa shape index (κ3) is 6.11. The molecule has 71 heavy (non-hydrogen) atoms. The summed E-state index contributed by atoms with van der Waals surface area (Å²) in [6, 6.07) is 83.8. The molecule has 0 radical (unpaired) electrons. The maximum absolute atomic E-state index is 7.00. The zero-order chi connectivity index (χ0) is 46.6. The minimum Gasteiger partial charge on any atom is -0.454 e. The van der Waals surface area contributed by atoms with E-state index in [9.17, 15) is 0 Å². The minimum absolute atomic E-state index is 0.583. The number of furan rings is 1. The van der Waals surface area contributed by atoms with E-state index in [4.69, 9.17) is 19.4 Å². The van der Waals surface area contributed by atoms with Crippen LogP contribution in [-0.2, 0) is 0 Å². The number of fused-ring (bicyclic) bond motifs is 12. The van der Waals surface area contributed by atoms with E-state index in [0.29, 0.717) is 17.5 Å². The van der Waals surface area contributed by atoms with Gasteiger partial charge in [-0.2, -0.15) is 0 Å². The Labute approximate surface area is 407 Å². The zero-order valence-electron chi connectivity index (χ0n) is 38.2. The summed E-state index contributed by atoms with van der Waals surface area (Å²) in [5.74, 6) is 1.77. The second-order valence-corrected chi connectivity index (χ2v) is 18.3. The van der Waals surface area contributed by atoms with Gasteiger partial charge < -0.3 is 13.6 Å². The standard InChI is InChI=1S/C65H39N5O/c1-3-16-40(17-4-1)42-20-13-21-45(36-42)63-66-64(68-65(67-63)52-28-14-26-50-48-24-9-11-29-55(48)69(61(50)52)47-22-5-2-6-23-47)46-33-32-41-34-35-59-60(53(41)38-46)51-27-15-31-57(62(51)71-59)70-56-30-12-10-25-49(56)54-37-43-18-7-8-19-44(43)39-58(54)70/h1-39H. The SMILES string of the molecule is c1ccc(-c2cccc(-c3nc(-c4ccc5ccc6oc7c(-n8c9ccccc9c9cc%10ccccc%10cc98)cccc7c6c5c4)nc(-c4cccc5c6ccccc6n(-c6ccccc6)c45)n3)c2)cc1. The van der Waals surface area contributed by atoms with Crippen LogP contribution >= 0.6 is 0 Å². The normalized spacial score (nSPS) is 11.9. The van der Waals surface area contributed by atoms with E-state index in [1.807, 2.05) is 6.07 Å². The molecule has 0 unspecified atom stereocenters. The van der Waals surface area contributed by atoms with Crippen LogP contribution < -0.4 is 0 Å². The number of hydrogen-bond donors (Lipinski definition) is 0. The number of aromatic nitrogens is 5. The summed E-state index contributed by atoms with van der Waals surface area (Å²) in [4.78, 5) is 16.2. The summed E-state index contributed by atoms with van der Waals surface area (Å²) in [6.45, 7) is 0. The lowest BCUT2D eigenvalue weighted by Gasteiger charge is -2.13. The van der Waals surface area contributed by atoms with Gasteiger partial charge in [0.15, 0.2) is 23.1 Å². The first-order valence-corrected chi connectivity index (χ1v) is 24.0. The van der Waals surface area contributed by atoms with Crippen molar-refractivity contribution in [3.63, 3.8) is 0 Å². The summed E-state index contributed by atoms with van der Waals surface area (Å²) in [5, 5.41) is 11.4. The maximum atomic E-state index is 7.00. The highest BCUT2D eigenvalue weighted by Crippen LogP contribution is 2.43. The van der Waals surface area contributed by atoms with Gasteiger partial charge >= 0.3 is 0 Å². The van der Waals surface area contributed by atoms with Crippen LogP contribution in [0.1, 0.15) is 0 Å². The molecule has 0 spiro atoms. The van der Waals surface area contributed by atoms with Crippen molar-refractivity contribution in [2.24, 2.45) is 0 Å². The van der Waals surface area contributed by atoms with E-state index in [1.54, 1.807) is 0 Å². The first kappa shape index (κ1) is 39.4. The number of benzene rings is 11. The van der Waals surface area contributed by atoms with Crippen molar-refractivity contribution < 1.29 is 4.42 Å². The molecule has 0 fully saturated rings.